The fourth-order valence-corrected chi connectivity index (χ4v) is 3.17. The molecule has 1 fully saturated rings. The van der Waals surface area contributed by atoms with Crippen LogP contribution in [0.4, 0.5) is 10.2 Å². The minimum atomic E-state index is -1.33. The highest BCUT2D eigenvalue weighted by molar-refractivity contribution is 5.94. The van der Waals surface area contributed by atoms with Crippen LogP contribution in [0, 0.1) is 5.82 Å². The normalized spacial score (nSPS) is 13.8. The Morgan fingerprint density at radius 3 is 2.61 bits per heavy atom. The Labute approximate surface area is 158 Å². The molecule has 4 rings (SSSR count). The summed E-state index contributed by atoms with van der Waals surface area (Å²) >= 11 is 0. The number of pyridine rings is 1. The van der Waals surface area contributed by atoms with Gasteiger partial charge in [0, 0.05) is 19.3 Å². The van der Waals surface area contributed by atoms with E-state index in [9.17, 15) is 19.1 Å². The molecule has 0 aliphatic carbocycles. The van der Waals surface area contributed by atoms with Crippen LogP contribution in [0.25, 0.3) is 11.0 Å². The van der Waals surface area contributed by atoms with Crippen LogP contribution in [-0.4, -0.2) is 39.1 Å². The number of fused-ring (bicyclic) bond motifs is 1. The molecule has 1 aromatic carbocycles. The lowest BCUT2D eigenvalue weighted by molar-refractivity contribution is 0.0695. The van der Waals surface area contributed by atoms with E-state index in [1.807, 2.05) is 4.90 Å². The molecule has 8 nitrogen and oxygen atoms in total. The molecule has 2 N–H and O–H groups in total. The number of carboxylic acids is 1. The van der Waals surface area contributed by atoms with Crippen molar-refractivity contribution in [1.82, 2.24) is 15.0 Å². The second kappa shape index (κ2) is 7.26. The molecule has 0 atom stereocenters. The number of aromatic carboxylic acids is 1. The molecule has 3 aromatic rings. The van der Waals surface area contributed by atoms with E-state index in [0.717, 1.165) is 32.1 Å². The van der Waals surface area contributed by atoms with Gasteiger partial charge < -0.3 is 19.7 Å². The Morgan fingerprint density at radius 1 is 1.21 bits per heavy atom. The predicted molar refractivity (Wildman–Crippen MR) is 99.3 cm³/mol. The number of hydrogen-bond donors (Lipinski definition) is 2. The summed E-state index contributed by atoms with van der Waals surface area (Å²) in [5.74, 6) is -1.18. The molecule has 9 heteroatoms. The van der Waals surface area contributed by atoms with Crippen molar-refractivity contribution in [2.45, 2.75) is 19.4 Å². The van der Waals surface area contributed by atoms with Crippen molar-refractivity contribution in [2.75, 3.05) is 18.0 Å². The maximum absolute atomic E-state index is 13.0. The van der Waals surface area contributed by atoms with Gasteiger partial charge in [0.05, 0.1) is 0 Å². The molecule has 0 radical (unpaired) electrons. The second-order valence-electron chi connectivity index (χ2n) is 6.50. The highest BCUT2D eigenvalue weighted by Crippen LogP contribution is 2.26. The third kappa shape index (κ3) is 3.38. The van der Waals surface area contributed by atoms with Gasteiger partial charge in [0.15, 0.2) is 5.82 Å². The molecule has 28 heavy (non-hydrogen) atoms. The van der Waals surface area contributed by atoms with Crippen molar-refractivity contribution in [3.05, 3.63) is 57.6 Å². The molecule has 1 aliphatic rings. The van der Waals surface area contributed by atoms with E-state index in [4.69, 9.17) is 4.74 Å². The summed E-state index contributed by atoms with van der Waals surface area (Å²) in [7, 11) is 0. The second-order valence-corrected chi connectivity index (χ2v) is 6.50. The van der Waals surface area contributed by atoms with Gasteiger partial charge in [0.1, 0.15) is 29.0 Å². The summed E-state index contributed by atoms with van der Waals surface area (Å²) in [4.78, 5) is 37.3. The van der Waals surface area contributed by atoms with Gasteiger partial charge in [0.2, 0.25) is 5.43 Å². The van der Waals surface area contributed by atoms with E-state index in [0.29, 0.717) is 16.9 Å². The SMILES string of the molecule is O=C(O)c1c[nH]c2c(N3CCCC3)nc(OCc3ccc(F)cc3)nc2c1=O. The van der Waals surface area contributed by atoms with Crippen molar-refractivity contribution in [2.24, 2.45) is 0 Å². The lowest BCUT2D eigenvalue weighted by Gasteiger charge is -2.18. The molecule has 0 spiro atoms. The number of aromatic nitrogens is 3. The number of carbonyl (C=O) groups is 1. The van der Waals surface area contributed by atoms with Crippen molar-refractivity contribution in [1.29, 1.82) is 0 Å². The first-order valence-electron chi connectivity index (χ1n) is 8.82. The third-order valence-electron chi connectivity index (χ3n) is 4.61. The zero-order chi connectivity index (χ0) is 19.7. The Kier molecular flexibility index (Phi) is 4.64. The fraction of sp³-hybridized carbons (Fsp3) is 0.263. The maximum Gasteiger partial charge on any atom is 0.341 e. The summed E-state index contributed by atoms with van der Waals surface area (Å²) < 4.78 is 18.7. The van der Waals surface area contributed by atoms with Gasteiger partial charge in [-0.3, -0.25) is 4.79 Å². The Morgan fingerprint density at radius 2 is 1.93 bits per heavy atom. The molecule has 0 amide bonds. The van der Waals surface area contributed by atoms with E-state index in [1.165, 1.54) is 12.1 Å². The number of benzene rings is 1. The van der Waals surface area contributed by atoms with Crippen LogP contribution >= 0.6 is 0 Å². The first kappa shape index (κ1) is 17.9. The van der Waals surface area contributed by atoms with Crippen LogP contribution in [0.1, 0.15) is 28.8 Å². The van der Waals surface area contributed by atoms with Gasteiger partial charge in [0.25, 0.3) is 0 Å². The van der Waals surface area contributed by atoms with E-state index in [-0.39, 0.29) is 24.0 Å². The number of rotatable bonds is 5. The molecular weight excluding hydrogens is 367 g/mol. The van der Waals surface area contributed by atoms with Crippen molar-refractivity contribution < 1.29 is 19.0 Å². The number of ether oxygens (including phenoxy) is 1. The van der Waals surface area contributed by atoms with Crippen LogP contribution < -0.4 is 15.1 Å². The fourth-order valence-electron chi connectivity index (χ4n) is 3.17. The van der Waals surface area contributed by atoms with E-state index >= 15 is 0 Å². The number of nitrogens with one attached hydrogen (secondary N) is 1. The van der Waals surface area contributed by atoms with Crippen molar-refractivity contribution in [3.63, 3.8) is 0 Å². The Balaban J connectivity index is 1.76. The van der Waals surface area contributed by atoms with Crippen molar-refractivity contribution in [3.8, 4) is 6.01 Å². The highest BCUT2D eigenvalue weighted by atomic mass is 19.1. The number of halogens is 1. The molecule has 144 valence electrons. The third-order valence-corrected chi connectivity index (χ3v) is 4.61. The molecular formula is C19H17FN4O4. The lowest BCUT2D eigenvalue weighted by Crippen LogP contribution is -2.23. The van der Waals surface area contributed by atoms with Gasteiger partial charge >= 0.3 is 12.0 Å². The summed E-state index contributed by atoms with van der Waals surface area (Å²) in [6, 6.07) is 5.76. The zero-order valence-corrected chi connectivity index (χ0v) is 14.8. The summed E-state index contributed by atoms with van der Waals surface area (Å²) in [6.45, 7) is 1.63. The van der Waals surface area contributed by atoms with E-state index in [1.54, 1.807) is 12.1 Å². The van der Waals surface area contributed by atoms with Crippen LogP contribution in [0.3, 0.4) is 0 Å². The molecule has 0 saturated carbocycles. The van der Waals surface area contributed by atoms with Crippen LogP contribution in [0.5, 0.6) is 6.01 Å². The standard InChI is InChI=1S/C19H17FN4O4/c20-12-5-3-11(4-6-12)10-28-19-22-14-15(17(23-19)24-7-1-2-8-24)21-9-13(16(14)25)18(26)27/h3-6,9H,1-2,7-8,10H2,(H,21,25)(H,26,27). The van der Waals surface area contributed by atoms with Crippen molar-refractivity contribution >= 4 is 22.8 Å². The number of H-pyrrole nitrogens is 1. The largest absolute Gasteiger partial charge is 0.477 e. The first-order valence-corrected chi connectivity index (χ1v) is 8.82. The first-order chi connectivity index (χ1) is 13.5. The van der Waals surface area contributed by atoms with E-state index < -0.39 is 17.0 Å². The van der Waals surface area contributed by atoms with Gasteiger partial charge in [-0.1, -0.05) is 12.1 Å². The minimum Gasteiger partial charge on any atom is -0.477 e. The van der Waals surface area contributed by atoms with Gasteiger partial charge in [-0.05, 0) is 30.5 Å². The topological polar surface area (TPSA) is 108 Å². The lowest BCUT2D eigenvalue weighted by atomic mass is 10.2. The number of anilines is 1. The average Bonchev–Trinajstić information content (AvgIpc) is 3.22. The molecule has 0 unspecified atom stereocenters. The number of carboxylic acid groups (broad SMARTS) is 1. The van der Waals surface area contributed by atoms with Crippen LogP contribution in [0.2, 0.25) is 0 Å². The minimum absolute atomic E-state index is 0.0354. The van der Waals surface area contributed by atoms with Crippen LogP contribution in [0.15, 0.2) is 35.3 Å². The monoisotopic (exact) mass is 384 g/mol. The molecule has 1 aliphatic heterocycles. The zero-order valence-electron chi connectivity index (χ0n) is 14.8. The van der Waals surface area contributed by atoms with Gasteiger partial charge in [-0.15, -0.1) is 0 Å². The van der Waals surface area contributed by atoms with E-state index in [2.05, 4.69) is 15.0 Å². The predicted octanol–water partition coefficient (Wildman–Crippen LogP) is 2.33. The number of hydrogen-bond acceptors (Lipinski definition) is 6. The molecule has 0 bridgehead atoms. The molecule has 2 aromatic heterocycles. The molecule has 1 saturated heterocycles. The van der Waals surface area contributed by atoms with Gasteiger partial charge in [-0.2, -0.15) is 9.97 Å². The average molecular weight is 384 g/mol. The molecule has 3 heterocycles. The summed E-state index contributed by atoms with van der Waals surface area (Å²) in [6.07, 6.45) is 3.15. The number of aromatic amines is 1. The smallest absolute Gasteiger partial charge is 0.341 e. The Hall–Kier alpha value is -3.49. The number of nitrogens with zero attached hydrogens (tertiary/aromatic N) is 3. The van der Waals surface area contributed by atoms with Crippen LogP contribution in [-0.2, 0) is 6.61 Å². The quantitative estimate of drug-likeness (QED) is 0.695. The summed E-state index contributed by atoms with van der Waals surface area (Å²) in [5.41, 5.74) is -0.0447. The maximum atomic E-state index is 13.0. The summed E-state index contributed by atoms with van der Waals surface area (Å²) in [5, 5.41) is 9.21. The van der Waals surface area contributed by atoms with Gasteiger partial charge in [-0.25, -0.2) is 9.18 Å². The highest BCUT2D eigenvalue weighted by Gasteiger charge is 2.22. The Bertz CT molecular complexity index is 1090.